The molecule has 0 aromatic rings. The molecule has 0 heterocycles. The van der Waals surface area contributed by atoms with E-state index in [2.05, 4.69) is 40.7 Å². The van der Waals surface area contributed by atoms with Gasteiger partial charge in [0.05, 0.1) is 6.07 Å². The van der Waals surface area contributed by atoms with Gasteiger partial charge in [0.15, 0.2) is 0 Å². The molecule has 0 radical (unpaired) electrons. The first-order valence-corrected chi connectivity index (χ1v) is 7.91. The van der Waals surface area contributed by atoms with Crippen LogP contribution in [0.2, 0.25) is 16.6 Å². The summed E-state index contributed by atoms with van der Waals surface area (Å²) in [4.78, 5) is 0. The minimum atomic E-state index is -0.678. The summed E-state index contributed by atoms with van der Waals surface area (Å²) in [6, 6.07) is 2.29. The molecule has 0 saturated carbocycles. The first kappa shape index (κ1) is 13.7. The number of nitriles is 1. The largest absolute Gasteiger partial charge is 0.198 e. The molecular weight excluding hydrogens is 186 g/mol. The Morgan fingerprint density at radius 3 is 1.93 bits per heavy atom. The van der Waals surface area contributed by atoms with Gasteiger partial charge in [-0.1, -0.05) is 52.1 Å². The van der Waals surface area contributed by atoms with Crippen LogP contribution in [0.4, 0.5) is 0 Å². The third-order valence-electron chi connectivity index (χ3n) is 3.24. The minimum Gasteiger partial charge on any atom is -0.198 e. The van der Waals surface area contributed by atoms with Gasteiger partial charge in [0, 0.05) is 15.2 Å². The predicted octanol–water partition coefficient (Wildman–Crippen LogP) is 4.12. The molecule has 82 valence electrons. The van der Waals surface area contributed by atoms with Gasteiger partial charge in [0.2, 0.25) is 0 Å². The molecule has 1 atom stereocenters. The first-order chi connectivity index (χ1) is 6.54. The van der Waals surface area contributed by atoms with E-state index >= 15 is 0 Å². The van der Waals surface area contributed by atoms with E-state index in [0.29, 0.717) is 0 Å². The quantitative estimate of drug-likeness (QED) is 0.606. The predicted molar refractivity (Wildman–Crippen MR) is 66.2 cm³/mol. The number of hydrogen-bond acceptors (Lipinski definition) is 1. The summed E-state index contributed by atoms with van der Waals surface area (Å²) < 4.78 is 0. The summed E-state index contributed by atoms with van der Waals surface area (Å²) in [5.41, 5.74) is 2.62. The Kier molecular flexibility index (Phi) is 6.91. The van der Waals surface area contributed by atoms with E-state index in [-0.39, 0.29) is 0 Å². The van der Waals surface area contributed by atoms with Crippen LogP contribution in [-0.2, 0) is 0 Å². The highest BCUT2D eigenvalue weighted by Crippen LogP contribution is 2.35. The molecule has 0 N–H and O–H groups in total. The van der Waals surface area contributed by atoms with Crippen molar-refractivity contribution in [2.75, 3.05) is 0 Å². The van der Waals surface area contributed by atoms with E-state index in [4.69, 9.17) is 5.26 Å². The standard InChI is InChI=1S/C12H25NSi/c1-6-12(8-7-9-13)14(10(2)3)11(4)5/h10-12,14H,6-8H2,1-5H3. The second-order valence-electron chi connectivity index (χ2n) is 4.93. The van der Waals surface area contributed by atoms with Crippen LogP contribution >= 0.6 is 0 Å². The Hall–Kier alpha value is -0.293. The van der Waals surface area contributed by atoms with Gasteiger partial charge in [-0.15, -0.1) is 0 Å². The third-order valence-corrected chi connectivity index (χ3v) is 8.21. The van der Waals surface area contributed by atoms with E-state index in [9.17, 15) is 0 Å². The molecule has 0 aliphatic rings. The summed E-state index contributed by atoms with van der Waals surface area (Å²) in [6.07, 6.45) is 3.16. The molecular formula is C12H25NSi. The molecule has 0 spiro atoms. The average molecular weight is 211 g/mol. The summed E-state index contributed by atoms with van der Waals surface area (Å²) >= 11 is 0. The fraction of sp³-hybridized carbons (Fsp3) is 0.917. The highest BCUT2D eigenvalue weighted by molar-refractivity contribution is 6.63. The lowest BCUT2D eigenvalue weighted by molar-refractivity contribution is 0.684. The maximum atomic E-state index is 8.64. The van der Waals surface area contributed by atoms with Crippen LogP contribution in [-0.4, -0.2) is 8.80 Å². The Balaban J connectivity index is 4.35. The van der Waals surface area contributed by atoms with Gasteiger partial charge >= 0.3 is 0 Å². The van der Waals surface area contributed by atoms with Crippen molar-refractivity contribution in [3.8, 4) is 6.07 Å². The van der Waals surface area contributed by atoms with Crippen LogP contribution in [0, 0.1) is 11.3 Å². The first-order valence-electron chi connectivity index (χ1n) is 5.91. The van der Waals surface area contributed by atoms with Gasteiger partial charge in [0.1, 0.15) is 0 Å². The van der Waals surface area contributed by atoms with E-state index in [0.717, 1.165) is 29.5 Å². The molecule has 0 aromatic carbocycles. The zero-order valence-corrected chi connectivity index (χ0v) is 11.5. The molecule has 0 rings (SSSR count). The van der Waals surface area contributed by atoms with Crippen molar-refractivity contribution in [1.82, 2.24) is 0 Å². The highest BCUT2D eigenvalue weighted by Gasteiger charge is 2.27. The fourth-order valence-corrected chi connectivity index (χ4v) is 7.59. The second-order valence-corrected chi connectivity index (χ2v) is 9.69. The van der Waals surface area contributed by atoms with Crippen LogP contribution in [0.3, 0.4) is 0 Å². The molecule has 0 amide bonds. The van der Waals surface area contributed by atoms with Crippen LogP contribution in [0.1, 0.15) is 53.9 Å². The van der Waals surface area contributed by atoms with E-state index in [1.54, 1.807) is 0 Å². The molecule has 1 nitrogen and oxygen atoms in total. The van der Waals surface area contributed by atoms with Crippen molar-refractivity contribution >= 4 is 8.80 Å². The monoisotopic (exact) mass is 211 g/mol. The van der Waals surface area contributed by atoms with Gasteiger partial charge in [-0.05, 0) is 12.0 Å². The lowest BCUT2D eigenvalue weighted by Crippen LogP contribution is -2.27. The molecule has 2 heteroatoms. The molecule has 1 unspecified atom stereocenters. The third kappa shape index (κ3) is 4.28. The number of hydrogen-bond donors (Lipinski definition) is 0. The van der Waals surface area contributed by atoms with Gasteiger partial charge in [-0.2, -0.15) is 5.26 Å². The molecule has 0 aliphatic heterocycles. The Labute approximate surface area is 91.1 Å². The lowest BCUT2D eigenvalue weighted by atomic mass is 10.2. The van der Waals surface area contributed by atoms with Crippen molar-refractivity contribution in [3.05, 3.63) is 0 Å². The van der Waals surface area contributed by atoms with Crippen molar-refractivity contribution in [2.45, 2.75) is 70.5 Å². The Morgan fingerprint density at radius 2 is 1.64 bits per heavy atom. The second kappa shape index (κ2) is 7.06. The summed E-state index contributed by atoms with van der Waals surface area (Å²) in [6.45, 7) is 11.8. The number of nitrogens with zero attached hydrogens (tertiary/aromatic N) is 1. The minimum absolute atomic E-state index is 0.678. The Bertz CT molecular complexity index is 173. The van der Waals surface area contributed by atoms with Crippen LogP contribution in [0.15, 0.2) is 0 Å². The maximum Gasteiger partial charge on any atom is 0.0621 e. The van der Waals surface area contributed by atoms with Crippen LogP contribution in [0.5, 0.6) is 0 Å². The summed E-state index contributed by atoms with van der Waals surface area (Å²) in [7, 11) is -0.678. The Morgan fingerprint density at radius 1 is 1.14 bits per heavy atom. The molecule has 0 bridgehead atoms. The topological polar surface area (TPSA) is 23.8 Å². The molecule has 0 aromatic heterocycles. The normalized spacial score (nSPS) is 13.6. The zero-order chi connectivity index (χ0) is 11.1. The van der Waals surface area contributed by atoms with Crippen molar-refractivity contribution in [2.24, 2.45) is 0 Å². The molecule has 14 heavy (non-hydrogen) atoms. The summed E-state index contributed by atoms with van der Waals surface area (Å²) in [5, 5.41) is 8.64. The molecule has 0 fully saturated rings. The van der Waals surface area contributed by atoms with Gasteiger partial charge in [-0.3, -0.25) is 0 Å². The van der Waals surface area contributed by atoms with E-state index < -0.39 is 8.80 Å². The van der Waals surface area contributed by atoms with Crippen molar-refractivity contribution < 1.29 is 0 Å². The van der Waals surface area contributed by atoms with Crippen molar-refractivity contribution in [3.63, 3.8) is 0 Å². The van der Waals surface area contributed by atoms with Gasteiger partial charge in [0.25, 0.3) is 0 Å². The zero-order valence-electron chi connectivity index (χ0n) is 10.4. The van der Waals surface area contributed by atoms with Gasteiger partial charge < -0.3 is 0 Å². The molecule has 0 saturated heterocycles. The van der Waals surface area contributed by atoms with Crippen molar-refractivity contribution in [1.29, 1.82) is 5.26 Å². The van der Waals surface area contributed by atoms with E-state index in [1.807, 2.05) is 0 Å². The number of rotatable bonds is 6. The summed E-state index contributed by atoms with van der Waals surface area (Å²) in [5.74, 6) is 0. The maximum absolute atomic E-state index is 8.64. The highest BCUT2D eigenvalue weighted by atomic mass is 28.3. The average Bonchev–Trinajstić information content (AvgIpc) is 2.10. The van der Waals surface area contributed by atoms with E-state index in [1.165, 1.54) is 6.42 Å². The van der Waals surface area contributed by atoms with Crippen LogP contribution < -0.4 is 0 Å². The lowest BCUT2D eigenvalue weighted by Gasteiger charge is -2.31. The molecule has 0 aliphatic carbocycles. The SMILES string of the molecule is CCC(CCC#N)[SiH](C(C)C)C(C)C. The smallest absolute Gasteiger partial charge is 0.0621 e. The fourth-order valence-electron chi connectivity index (χ4n) is 2.78. The van der Waals surface area contributed by atoms with Gasteiger partial charge in [-0.25, -0.2) is 0 Å². The van der Waals surface area contributed by atoms with Crippen LogP contribution in [0.25, 0.3) is 0 Å².